The van der Waals surface area contributed by atoms with Gasteiger partial charge in [-0.2, -0.15) is 0 Å². The van der Waals surface area contributed by atoms with Crippen molar-refractivity contribution in [3.63, 3.8) is 0 Å². The molecule has 3 N–H and O–H groups in total. The van der Waals surface area contributed by atoms with Crippen molar-refractivity contribution >= 4 is 23.4 Å². The van der Waals surface area contributed by atoms with Gasteiger partial charge in [0.05, 0.1) is 6.10 Å². The van der Waals surface area contributed by atoms with Crippen LogP contribution in [0.2, 0.25) is 5.02 Å². The largest absolute Gasteiger partial charge is 0.393 e. The minimum absolute atomic E-state index is 0.0293. The van der Waals surface area contributed by atoms with Gasteiger partial charge in [0, 0.05) is 23.0 Å². The molecule has 3 rings (SSSR count). The number of carbonyl (C=O) groups excluding carboxylic acids is 2. The lowest BCUT2D eigenvalue weighted by molar-refractivity contribution is -0.124. The molecule has 1 aliphatic carbocycles. The number of aliphatic hydroxyl groups excluding tert-OH is 1. The third-order valence-corrected chi connectivity index (χ3v) is 5.31. The van der Waals surface area contributed by atoms with Crippen molar-refractivity contribution in [2.45, 2.75) is 50.3 Å². The quantitative estimate of drug-likeness (QED) is 0.697. The molecule has 1 unspecified atom stereocenters. The van der Waals surface area contributed by atoms with E-state index >= 15 is 0 Å². The minimum Gasteiger partial charge on any atom is -0.393 e. The van der Waals surface area contributed by atoms with Crippen molar-refractivity contribution in [1.29, 1.82) is 0 Å². The first kappa shape index (κ1) is 20.4. The monoisotopic (exact) mass is 400 g/mol. The molecule has 0 aromatic heterocycles. The Morgan fingerprint density at radius 3 is 2.29 bits per heavy atom. The van der Waals surface area contributed by atoms with Crippen LogP contribution in [0.3, 0.4) is 0 Å². The van der Waals surface area contributed by atoms with Crippen molar-refractivity contribution < 1.29 is 14.7 Å². The van der Waals surface area contributed by atoms with E-state index in [-0.39, 0.29) is 24.0 Å². The van der Waals surface area contributed by atoms with E-state index in [0.29, 0.717) is 29.8 Å². The maximum atomic E-state index is 12.9. The van der Waals surface area contributed by atoms with E-state index in [1.54, 1.807) is 24.3 Å². The molecule has 0 radical (unpaired) electrons. The van der Waals surface area contributed by atoms with Crippen LogP contribution < -0.4 is 10.6 Å². The fraction of sp³-hybridized carbons (Fsp3) is 0.364. The Morgan fingerprint density at radius 2 is 1.64 bits per heavy atom. The van der Waals surface area contributed by atoms with Crippen molar-refractivity contribution in [1.82, 2.24) is 10.6 Å². The number of hydrogen-bond acceptors (Lipinski definition) is 3. The average Bonchev–Trinajstić information content (AvgIpc) is 2.70. The minimum atomic E-state index is -0.683. The summed E-state index contributed by atoms with van der Waals surface area (Å²) in [6.07, 6.45) is 2.99. The second kappa shape index (κ2) is 9.71. The fourth-order valence-electron chi connectivity index (χ4n) is 3.42. The molecule has 1 fully saturated rings. The lowest BCUT2D eigenvalue weighted by atomic mass is 9.92. The van der Waals surface area contributed by atoms with Crippen LogP contribution in [0.5, 0.6) is 0 Å². The van der Waals surface area contributed by atoms with Gasteiger partial charge in [-0.05, 0) is 55.5 Å². The molecule has 1 saturated carbocycles. The lowest BCUT2D eigenvalue weighted by Gasteiger charge is -2.28. The molecule has 2 aromatic carbocycles. The third-order valence-electron chi connectivity index (χ3n) is 5.05. The summed E-state index contributed by atoms with van der Waals surface area (Å²) in [6.45, 7) is 0. The Morgan fingerprint density at radius 1 is 1.00 bits per heavy atom. The highest BCUT2D eigenvalue weighted by atomic mass is 35.5. The van der Waals surface area contributed by atoms with Gasteiger partial charge in [-0.3, -0.25) is 9.59 Å². The van der Waals surface area contributed by atoms with Gasteiger partial charge in [-0.15, -0.1) is 0 Å². The second-order valence-electron chi connectivity index (χ2n) is 7.24. The maximum Gasteiger partial charge on any atom is 0.251 e. The zero-order chi connectivity index (χ0) is 19.9. The first-order chi connectivity index (χ1) is 13.5. The Labute approximate surface area is 170 Å². The predicted molar refractivity (Wildman–Crippen MR) is 109 cm³/mol. The van der Waals surface area contributed by atoms with Gasteiger partial charge in [-0.25, -0.2) is 0 Å². The molecule has 0 aliphatic heterocycles. The Balaban J connectivity index is 1.69. The first-order valence-corrected chi connectivity index (χ1v) is 9.98. The maximum absolute atomic E-state index is 12.9. The molecular weight excluding hydrogens is 376 g/mol. The molecule has 0 saturated heterocycles. The SMILES string of the molecule is O=C(NC(Cc1ccccc1)C(=O)NC1CCC(O)CC1)c1ccc(Cl)cc1. The van der Waals surface area contributed by atoms with E-state index < -0.39 is 6.04 Å². The second-order valence-corrected chi connectivity index (χ2v) is 7.67. The summed E-state index contributed by atoms with van der Waals surface area (Å²) in [7, 11) is 0. The van der Waals surface area contributed by atoms with Gasteiger partial charge in [0.2, 0.25) is 5.91 Å². The Kier molecular flexibility index (Phi) is 7.06. The van der Waals surface area contributed by atoms with Gasteiger partial charge in [0.15, 0.2) is 0 Å². The summed E-state index contributed by atoms with van der Waals surface area (Å²) in [5.41, 5.74) is 1.43. The van der Waals surface area contributed by atoms with E-state index in [0.717, 1.165) is 18.4 Å². The number of aliphatic hydroxyl groups is 1. The number of hydrogen-bond donors (Lipinski definition) is 3. The van der Waals surface area contributed by atoms with E-state index in [9.17, 15) is 14.7 Å². The molecule has 1 aliphatic rings. The molecule has 0 spiro atoms. The number of amides is 2. The number of halogens is 1. The van der Waals surface area contributed by atoms with E-state index in [4.69, 9.17) is 11.6 Å². The standard InChI is InChI=1S/C22H25ClN2O3/c23-17-8-6-16(7-9-17)21(27)25-20(14-15-4-2-1-3-5-15)22(28)24-18-10-12-19(26)13-11-18/h1-9,18-20,26H,10-14H2,(H,24,28)(H,25,27). The number of carbonyl (C=O) groups is 2. The van der Waals surface area contributed by atoms with Gasteiger partial charge >= 0.3 is 0 Å². The highest BCUT2D eigenvalue weighted by Crippen LogP contribution is 2.18. The van der Waals surface area contributed by atoms with Crippen LogP contribution in [0.1, 0.15) is 41.6 Å². The molecular formula is C22H25ClN2O3. The van der Waals surface area contributed by atoms with Gasteiger partial charge < -0.3 is 15.7 Å². The molecule has 0 bridgehead atoms. The topological polar surface area (TPSA) is 78.4 Å². The third kappa shape index (κ3) is 5.81. The number of rotatable bonds is 6. The summed E-state index contributed by atoms with van der Waals surface area (Å²) in [6, 6.07) is 15.5. The van der Waals surface area contributed by atoms with Crippen LogP contribution in [0.15, 0.2) is 54.6 Å². The zero-order valence-corrected chi connectivity index (χ0v) is 16.4. The highest BCUT2D eigenvalue weighted by Gasteiger charge is 2.26. The summed E-state index contributed by atoms with van der Waals surface area (Å²) < 4.78 is 0. The van der Waals surface area contributed by atoms with Crippen molar-refractivity contribution in [3.8, 4) is 0 Å². The van der Waals surface area contributed by atoms with Crippen LogP contribution in [0.4, 0.5) is 0 Å². The van der Waals surface area contributed by atoms with Crippen molar-refractivity contribution in [3.05, 3.63) is 70.7 Å². The van der Waals surface area contributed by atoms with Crippen LogP contribution in [0, 0.1) is 0 Å². The summed E-state index contributed by atoms with van der Waals surface area (Å²) in [5.74, 6) is -0.514. The smallest absolute Gasteiger partial charge is 0.251 e. The molecule has 0 heterocycles. The first-order valence-electron chi connectivity index (χ1n) is 9.60. The summed E-state index contributed by atoms with van der Waals surface area (Å²) >= 11 is 5.88. The van der Waals surface area contributed by atoms with Gasteiger partial charge in [0.1, 0.15) is 6.04 Å². The Hall–Kier alpha value is -2.37. The van der Waals surface area contributed by atoms with Crippen LogP contribution >= 0.6 is 11.6 Å². The number of nitrogens with one attached hydrogen (secondary N) is 2. The summed E-state index contributed by atoms with van der Waals surface area (Å²) in [4.78, 5) is 25.5. The molecule has 6 heteroatoms. The molecule has 2 amide bonds. The predicted octanol–water partition coefficient (Wildman–Crippen LogP) is 3.10. The number of benzene rings is 2. The van der Waals surface area contributed by atoms with Crippen LogP contribution in [-0.2, 0) is 11.2 Å². The average molecular weight is 401 g/mol. The molecule has 1 atom stereocenters. The van der Waals surface area contributed by atoms with Crippen LogP contribution in [-0.4, -0.2) is 35.1 Å². The zero-order valence-electron chi connectivity index (χ0n) is 15.6. The molecule has 5 nitrogen and oxygen atoms in total. The molecule has 28 heavy (non-hydrogen) atoms. The molecule has 2 aromatic rings. The fourth-order valence-corrected chi connectivity index (χ4v) is 3.55. The Bertz CT molecular complexity index is 787. The van der Waals surface area contributed by atoms with Crippen molar-refractivity contribution in [2.75, 3.05) is 0 Å². The van der Waals surface area contributed by atoms with E-state index in [1.165, 1.54) is 0 Å². The normalized spacial score (nSPS) is 20.2. The van der Waals surface area contributed by atoms with Gasteiger partial charge in [0.25, 0.3) is 5.91 Å². The van der Waals surface area contributed by atoms with E-state index in [1.807, 2.05) is 30.3 Å². The molecule has 148 valence electrons. The lowest BCUT2D eigenvalue weighted by Crippen LogP contribution is -2.51. The summed E-state index contributed by atoms with van der Waals surface area (Å²) in [5, 5.41) is 16.1. The van der Waals surface area contributed by atoms with Crippen molar-refractivity contribution in [2.24, 2.45) is 0 Å². The van der Waals surface area contributed by atoms with E-state index in [2.05, 4.69) is 10.6 Å². The van der Waals surface area contributed by atoms with Gasteiger partial charge in [-0.1, -0.05) is 41.9 Å². The van der Waals surface area contributed by atoms with Crippen LogP contribution in [0.25, 0.3) is 0 Å². The highest BCUT2D eigenvalue weighted by molar-refractivity contribution is 6.30.